The van der Waals surface area contributed by atoms with E-state index >= 15 is 0 Å². The van der Waals surface area contributed by atoms with Crippen molar-refractivity contribution in [2.75, 3.05) is 5.32 Å². The van der Waals surface area contributed by atoms with Crippen molar-refractivity contribution in [3.8, 4) is 6.07 Å². The molecule has 2 aromatic rings. The highest BCUT2D eigenvalue weighted by molar-refractivity contribution is 5.93. The molecule has 0 bridgehead atoms. The molecule has 1 N–H and O–H groups in total. The van der Waals surface area contributed by atoms with Crippen LogP contribution in [0.3, 0.4) is 0 Å². The molecule has 0 fully saturated rings. The first-order valence-electron chi connectivity index (χ1n) is 5.85. The Kier molecular flexibility index (Phi) is 3.66. The van der Waals surface area contributed by atoms with Crippen LogP contribution in [0.4, 0.5) is 11.5 Å². The van der Waals surface area contributed by atoms with Gasteiger partial charge in [0, 0.05) is 7.05 Å². The van der Waals surface area contributed by atoms with Crippen molar-refractivity contribution in [1.29, 1.82) is 5.26 Å². The summed E-state index contributed by atoms with van der Waals surface area (Å²) in [5.41, 5.74) is 0.0254. The molecule has 1 atom stereocenters. The highest BCUT2D eigenvalue weighted by Crippen LogP contribution is 2.17. The quantitative estimate of drug-likeness (QED) is 0.647. The maximum absolute atomic E-state index is 12.1. The molecule has 0 aromatic carbocycles. The largest absolute Gasteiger partial charge is 0.308 e. The standard InChI is InChI=1S/C11H11N7O3/c1-7(17-6-9(5-14-17)18(20)21)11(19)15-10-8(3-12)4-13-16(10)2/h4-7H,1-2H3,(H,15,19). The average molecular weight is 289 g/mol. The molecule has 2 rings (SSSR count). The maximum Gasteiger partial charge on any atom is 0.307 e. The Morgan fingerprint density at radius 1 is 1.52 bits per heavy atom. The summed E-state index contributed by atoms with van der Waals surface area (Å²) >= 11 is 0. The molecule has 2 aromatic heterocycles. The van der Waals surface area contributed by atoms with Gasteiger partial charge in [0.2, 0.25) is 5.91 Å². The lowest BCUT2D eigenvalue weighted by Gasteiger charge is -2.12. The number of nitriles is 1. The van der Waals surface area contributed by atoms with E-state index in [1.807, 2.05) is 6.07 Å². The summed E-state index contributed by atoms with van der Waals surface area (Å²) in [6.07, 6.45) is 3.56. The molecular weight excluding hydrogens is 278 g/mol. The fourth-order valence-corrected chi connectivity index (χ4v) is 1.64. The second kappa shape index (κ2) is 5.41. The number of hydrogen-bond donors (Lipinski definition) is 1. The lowest BCUT2D eigenvalue weighted by molar-refractivity contribution is -0.385. The number of aromatic nitrogens is 4. The number of nitro groups is 1. The number of anilines is 1. The zero-order valence-electron chi connectivity index (χ0n) is 11.2. The summed E-state index contributed by atoms with van der Waals surface area (Å²) in [6.45, 7) is 1.54. The molecule has 0 aliphatic rings. The van der Waals surface area contributed by atoms with Gasteiger partial charge in [-0.2, -0.15) is 15.5 Å². The molecule has 0 aliphatic heterocycles. The van der Waals surface area contributed by atoms with Crippen molar-refractivity contribution in [2.24, 2.45) is 7.05 Å². The van der Waals surface area contributed by atoms with Gasteiger partial charge in [-0.25, -0.2) is 0 Å². The summed E-state index contributed by atoms with van der Waals surface area (Å²) in [5, 5.41) is 29.7. The van der Waals surface area contributed by atoms with Crippen molar-refractivity contribution >= 4 is 17.4 Å². The molecule has 0 saturated carbocycles. The second-order valence-corrected chi connectivity index (χ2v) is 4.24. The fourth-order valence-electron chi connectivity index (χ4n) is 1.64. The molecule has 0 radical (unpaired) electrons. The minimum absolute atomic E-state index is 0.201. The third-order valence-corrected chi connectivity index (χ3v) is 2.88. The van der Waals surface area contributed by atoms with Gasteiger partial charge in [0.1, 0.15) is 35.9 Å². The monoisotopic (exact) mass is 289 g/mol. The van der Waals surface area contributed by atoms with Crippen molar-refractivity contribution in [3.05, 3.63) is 34.3 Å². The van der Waals surface area contributed by atoms with E-state index in [-0.39, 0.29) is 17.1 Å². The molecule has 10 heteroatoms. The molecule has 1 amide bonds. The summed E-state index contributed by atoms with van der Waals surface area (Å²) < 4.78 is 2.53. The molecule has 2 heterocycles. The van der Waals surface area contributed by atoms with Crippen molar-refractivity contribution in [1.82, 2.24) is 19.6 Å². The number of nitrogens with zero attached hydrogens (tertiary/aromatic N) is 6. The van der Waals surface area contributed by atoms with E-state index in [1.165, 1.54) is 28.7 Å². The zero-order chi connectivity index (χ0) is 15.6. The zero-order valence-corrected chi connectivity index (χ0v) is 11.2. The van der Waals surface area contributed by atoms with Crippen LogP contribution in [0.2, 0.25) is 0 Å². The number of amides is 1. The highest BCUT2D eigenvalue weighted by Gasteiger charge is 2.21. The first-order chi connectivity index (χ1) is 9.93. The van der Waals surface area contributed by atoms with Crippen molar-refractivity contribution in [2.45, 2.75) is 13.0 Å². The lowest BCUT2D eigenvalue weighted by atomic mass is 10.3. The number of aryl methyl sites for hydroxylation is 1. The molecule has 1 unspecified atom stereocenters. The van der Waals surface area contributed by atoms with E-state index in [0.29, 0.717) is 0 Å². The van der Waals surface area contributed by atoms with Gasteiger partial charge in [-0.15, -0.1) is 0 Å². The molecule has 0 aliphatic carbocycles. The Balaban J connectivity index is 2.17. The summed E-state index contributed by atoms with van der Waals surface area (Å²) in [6, 6.07) is 1.13. The van der Waals surface area contributed by atoms with Crippen molar-refractivity contribution in [3.63, 3.8) is 0 Å². The SMILES string of the molecule is CC(C(=O)Nc1c(C#N)cnn1C)n1cc([N+](=O)[O-])cn1. The Hall–Kier alpha value is -3.22. The second-order valence-electron chi connectivity index (χ2n) is 4.24. The van der Waals surface area contributed by atoms with Crippen LogP contribution < -0.4 is 5.32 Å². The van der Waals surface area contributed by atoms with Crippen LogP contribution in [-0.4, -0.2) is 30.4 Å². The molecule has 108 valence electrons. The first kappa shape index (κ1) is 14.2. The number of rotatable bonds is 4. The Morgan fingerprint density at radius 2 is 2.24 bits per heavy atom. The van der Waals surface area contributed by atoms with Crippen LogP contribution in [0.25, 0.3) is 0 Å². The summed E-state index contributed by atoms with van der Waals surface area (Å²) in [5.74, 6) is -0.205. The van der Waals surface area contributed by atoms with Gasteiger partial charge in [0.15, 0.2) is 0 Å². The molecule has 0 saturated heterocycles. The van der Waals surface area contributed by atoms with Gasteiger partial charge in [0.05, 0.1) is 11.1 Å². The minimum Gasteiger partial charge on any atom is -0.308 e. The average Bonchev–Trinajstić information content (AvgIpc) is 3.06. The minimum atomic E-state index is -0.778. The molecule has 21 heavy (non-hydrogen) atoms. The lowest BCUT2D eigenvalue weighted by Crippen LogP contribution is -2.25. The van der Waals surface area contributed by atoms with Crippen LogP contribution in [0.1, 0.15) is 18.5 Å². The summed E-state index contributed by atoms with van der Waals surface area (Å²) in [7, 11) is 1.58. The van der Waals surface area contributed by atoms with E-state index in [4.69, 9.17) is 5.26 Å². The maximum atomic E-state index is 12.1. The number of carbonyl (C=O) groups is 1. The number of nitrogens with one attached hydrogen (secondary N) is 1. The highest BCUT2D eigenvalue weighted by atomic mass is 16.6. The van der Waals surface area contributed by atoms with Gasteiger partial charge >= 0.3 is 5.69 Å². The number of carbonyl (C=O) groups excluding carboxylic acids is 1. The van der Waals surface area contributed by atoms with E-state index in [2.05, 4.69) is 15.5 Å². The van der Waals surface area contributed by atoms with E-state index in [0.717, 1.165) is 6.20 Å². The predicted octanol–water partition coefficient (Wildman–Crippen LogP) is 0.596. The number of hydrogen-bond acceptors (Lipinski definition) is 6. The molecular formula is C11H11N7O3. The Labute approximate surface area is 118 Å². The fraction of sp³-hybridized carbons (Fsp3) is 0.273. The Morgan fingerprint density at radius 3 is 2.81 bits per heavy atom. The third kappa shape index (κ3) is 2.71. The topological polar surface area (TPSA) is 132 Å². The van der Waals surface area contributed by atoms with Gasteiger partial charge in [0.25, 0.3) is 0 Å². The van der Waals surface area contributed by atoms with Crippen LogP contribution in [0.15, 0.2) is 18.6 Å². The van der Waals surface area contributed by atoms with Gasteiger partial charge in [-0.05, 0) is 6.92 Å². The van der Waals surface area contributed by atoms with Gasteiger partial charge in [-0.1, -0.05) is 0 Å². The third-order valence-electron chi connectivity index (χ3n) is 2.88. The first-order valence-corrected chi connectivity index (χ1v) is 5.85. The van der Waals surface area contributed by atoms with E-state index < -0.39 is 16.9 Å². The molecule has 10 nitrogen and oxygen atoms in total. The van der Waals surface area contributed by atoms with Crippen LogP contribution in [-0.2, 0) is 11.8 Å². The van der Waals surface area contributed by atoms with Crippen molar-refractivity contribution < 1.29 is 9.72 Å². The van der Waals surface area contributed by atoms with E-state index in [1.54, 1.807) is 7.05 Å². The smallest absolute Gasteiger partial charge is 0.307 e. The Bertz CT molecular complexity index is 739. The van der Waals surface area contributed by atoms with Crippen LogP contribution >= 0.6 is 0 Å². The predicted molar refractivity (Wildman–Crippen MR) is 70.1 cm³/mol. The van der Waals surface area contributed by atoms with Crippen LogP contribution in [0.5, 0.6) is 0 Å². The molecule has 0 spiro atoms. The van der Waals surface area contributed by atoms with Gasteiger partial charge in [-0.3, -0.25) is 24.3 Å². The summed E-state index contributed by atoms with van der Waals surface area (Å²) in [4.78, 5) is 22.1. The normalized spacial score (nSPS) is 11.7. The van der Waals surface area contributed by atoms with E-state index in [9.17, 15) is 14.9 Å². The van der Waals surface area contributed by atoms with Gasteiger partial charge < -0.3 is 5.32 Å². The van der Waals surface area contributed by atoms with Crippen LogP contribution in [0, 0.1) is 21.4 Å².